The van der Waals surface area contributed by atoms with E-state index in [0.29, 0.717) is 38.0 Å². The third-order valence-corrected chi connectivity index (χ3v) is 3.88. The molecule has 1 fully saturated rings. The summed E-state index contributed by atoms with van der Waals surface area (Å²) in [6, 6.07) is 6.95. The van der Waals surface area contributed by atoms with E-state index in [9.17, 15) is 18.0 Å². The normalized spacial score (nSPS) is 21.8. The van der Waals surface area contributed by atoms with Crippen LogP contribution in [0.2, 0.25) is 0 Å². The van der Waals surface area contributed by atoms with E-state index in [1.807, 2.05) is 0 Å². The van der Waals surface area contributed by atoms with Crippen molar-refractivity contribution in [2.24, 2.45) is 5.92 Å². The van der Waals surface area contributed by atoms with E-state index < -0.39 is 18.4 Å². The summed E-state index contributed by atoms with van der Waals surface area (Å²) in [6.07, 6.45) is -0.739. The standard InChI is InChI=1S/C17H19F3O4/c18-17(19,20)24-15-8-3-13(4-9-15)11-23-14-6-1-12(2-7-14)5-10-16(21)22/h1-2,5-7,10,13,15H,3-4,8-9,11H2,(H,21,22)/b10-5+. The predicted octanol–water partition coefficient (Wildman–Crippen LogP) is 4.26. The predicted molar refractivity (Wildman–Crippen MR) is 81.5 cm³/mol. The van der Waals surface area contributed by atoms with Crippen molar-refractivity contribution in [3.05, 3.63) is 35.9 Å². The van der Waals surface area contributed by atoms with Gasteiger partial charge in [-0.05, 0) is 55.4 Å². The molecule has 0 amide bonds. The summed E-state index contributed by atoms with van der Waals surface area (Å²) in [7, 11) is 0. The molecule has 1 aromatic rings. The van der Waals surface area contributed by atoms with Crippen molar-refractivity contribution in [2.45, 2.75) is 38.1 Å². The second-order valence-electron chi connectivity index (χ2n) is 5.76. The van der Waals surface area contributed by atoms with E-state index in [0.717, 1.165) is 11.6 Å². The van der Waals surface area contributed by atoms with Crippen molar-refractivity contribution < 1.29 is 32.5 Å². The molecule has 7 heteroatoms. The van der Waals surface area contributed by atoms with Gasteiger partial charge in [0.25, 0.3) is 0 Å². The number of hydrogen-bond donors (Lipinski definition) is 1. The van der Waals surface area contributed by atoms with E-state index in [1.165, 1.54) is 6.08 Å². The first-order valence-corrected chi connectivity index (χ1v) is 7.70. The zero-order valence-electron chi connectivity index (χ0n) is 13.0. The third kappa shape index (κ3) is 6.62. The van der Waals surface area contributed by atoms with E-state index >= 15 is 0 Å². The number of hydrogen-bond acceptors (Lipinski definition) is 3. The number of benzene rings is 1. The first-order valence-electron chi connectivity index (χ1n) is 7.70. The fraction of sp³-hybridized carbons (Fsp3) is 0.471. The Morgan fingerprint density at radius 2 is 1.79 bits per heavy atom. The van der Waals surface area contributed by atoms with Gasteiger partial charge in [-0.2, -0.15) is 0 Å². The highest BCUT2D eigenvalue weighted by Crippen LogP contribution is 2.31. The maximum Gasteiger partial charge on any atom is 0.522 e. The molecule has 1 aliphatic carbocycles. The number of rotatable bonds is 6. The highest BCUT2D eigenvalue weighted by Gasteiger charge is 2.35. The molecule has 0 saturated heterocycles. The van der Waals surface area contributed by atoms with Crippen molar-refractivity contribution >= 4 is 12.0 Å². The number of carbonyl (C=O) groups is 1. The van der Waals surface area contributed by atoms with Crippen LogP contribution in [0.4, 0.5) is 13.2 Å². The molecule has 1 aromatic carbocycles. The molecule has 0 radical (unpaired) electrons. The number of carboxylic acids is 1. The molecule has 1 aliphatic rings. The van der Waals surface area contributed by atoms with Crippen LogP contribution < -0.4 is 4.74 Å². The van der Waals surface area contributed by atoms with Gasteiger partial charge in [0.05, 0.1) is 12.7 Å². The molecule has 4 nitrogen and oxygen atoms in total. The fourth-order valence-corrected chi connectivity index (χ4v) is 2.66. The SMILES string of the molecule is O=C(O)/C=C/c1ccc(OCC2CCC(OC(F)(F)F)CC2)cc1. The van der Waals surface area contributed by atoms with Crippen LogP contribution >= 0.6 is 0 Å². The van der Waals surface area contributed by atoms with Crippen LogP contribution in [0, 0.1) is 5.92 Å². The van der Waals surface area contributed by atoms with Crippen LogP contribution in [0.25, 0.3) is 6.08 Å². The molecular formula is C17H19F3O4. The third-order valence-electron chi connectivity index (χ3n) is 3.88. The summed E-state index contributed by atoms with van der Waals surface area (Å²) < 4.78 is 46.2. The van der Waals surface area contributed by atoms with Gasteiger partial charge in [0.2, 0.25) is 0 Å². The number of carboxylic acid groups (broad SMARTS) is 1. The number of alkyl halides is 3. The summed E-state index contributed by atoms with van der Waals surface area (Å²) in [5.41, 5.74) is 0.745. The molecule has 0 unspecified atom stereocenters. The van der Waals surface area contributed by atoms with E-state index in [2.05, 4.69) is 4.74 Å². The summed E-state index contributed by atoms with van der Waals surface area (Å²) in [5.74, 6) is -0.152. The average Bonchev–Trinajstić information content (AvgIpc) is 2.52. The Morgan fingerprint density at radius 3 is 2.33 bits per heavy atom. The summed E-state index contributed by atoms with van der Waals surface area (Å²) in [4.78, 5) is 10.4. The highest BCUT2D eigenvalue weighted by molar-refractivity contribution is 5.85. The first-order chi connectivity index (χ1) is 11.3. The summed E-state index contributed by atoms with van der Waals surface area (Å²) >= 11 is 0. The van der Waals surface area contributed by atoms with Crippen LogP contribution in [-0.2, 0) is 9.53 Å². The maximum atomic E-state index is 12.2. The van der Waals surface area contributed by atoms with E-state index in [1.54, 1.807) is 24.3 Å². The largest absolute Gasteiger partial charge is 0.522 e. The lowest BCUT2D eigenvalue weighted by atomic mass is 9.88. The first kappa shape index (κ1) is 18.3. The number of halogens is 3. The minimum atomic E-state index is -4.56. The monoisotopic (exact) mass is 344 g/mol. The van der Waals surface area contributed by atoms with Crippen LogP contribution in [0.15, 0.2) is 30.3 Å². The van der Waals surface area contributed by atoms with E-state index in [-0.39, 0.29) is 5.92 Å². The Balaban J connectivity index is 1.73. The van der Waals surface area contributed by atoms with Crippen molar-refractivity contribution in [3.8, 4) is 5.75 Å². The molecule has 1 N–H and O–H groups in total. The van der Waals surface area contributed by atoms with Crippen molar-refractivity contribution in [3.63, 3.8) is 0 Å². The van der Waals surface area contributed by atoms with Gasteiger partial charge in [-0.15, -0.1) is 13.2 Å². The van der Waals surface area contributed by atoms with Gasteiger partial charge in [0, 0.05) is 6.08 Å². The Labute approximate surface area is 137 Å². The molecule has 2 rings (SSSR count). The van der Waals surface area contributed by atoms with Crippen molar-refractivity contribution in [1.82, 2.24) is 0 Å². The molecule has 0 aromatic heterocycles. The molecule has 0 spiro atoms. The Morgan fingerprint density at radius 1 is 1.17 bits per heavy atom. The topological polar surface area (TPSA) is 55.8 Å². The van der Waals surface area contributed by atoms with Gasteiger partial charge in [-0.1, -0.05) is 12.1 Å². The van der Waals surface area contributed by atoms with Crippen molar-refractivity contribution in [2.75, 3.05) is 6.61 Å². The van der Waals surface area contributed by atoms with Crippen LogP contribution in [0.3, 0.4) is 0 Å². The molecule has 132 valence electrons. The Bertz CT molecular complexity index is 558. The number of aliphatic carboxylic acids is 1. The van der Waals surface area contributed by atoms with Gasteiger partial charge in [0.1, 0.15) is 5.75 Å². The van der Waals surface area contributed by atoms with Gasteiger partial charge in [-0.25, -0.2) is 4.79 Å². The number of ether oxygens (including phenoxy) is 2. The minimum absolute atomic E-state index is 0.213. The van der Waals surface area contributed by atoms with Crippen LogP contribution in [0.1, 0.15) is 31.2 Å². The smallest absolute Gasteiger partial charge is 0.493 e. The van der Waals surface area contributed by atoms with Gasteiger partial charge in [0.15, 0.2) is 0 Å². The zero-order chi connectivity index (χ0) is 17.6. The van der Waals surface area contributed by atoms with Gasteiger partial charge >= 0.3 is 12.3 Å². The second kappa shape index (κ2) is 8.19. The maximum absolute atomic E-state index is 12.2. The molecule has 0 atom stereocenters. The molecule has 0 aliphatic heterocycles. The molecule has 0 bridgehead atoms. The Hall–Kier alpha value is -2.02. The quantitative estimate of drug-likeness (QED) is 0.784. The van der Waals surface area contributed by atoms with Gasteiger partial charge in [-0.3, -0.25) is 4.74 Å². The fourth-order valence-electron chi connectivity index (χ4n) is 2.66. The second-order valence-corrected chi connectivity index (χ2v) is 5.76. The zero-order valence-corrected chi connectivity index (χ0v) is 13.0. The average molecular weight is 344 g/mol. The van der Waals surface area contributed by atoms with Gasteiger partial charge < -0.3 is 9.84 Å². The Kier molecular flexibility index (Phi) is 6.25. The van der Waals surface area contributed by atoms with Crippen LogP contribution in [-0.4, -0.2) is 30.1 Å². The summed E-state index contributed by atoms with van der Waals surface area (Å²) in [5, 5.41) is 8.56. The van der Waals surface area contributed by atoms with Crippen molar-refractivity contribution in [1.29, 1.82) is 0 Å². The lowest BCUT2D eigenvalue weighted by Crippen LogP contribution is -2.29. The molecule has 24 heavy (non-hydrogen) atoms. The lowest BCUT2D eigenvalue weighted by Gasteiger charge is -2.28. The minimum Gasteiger partial charge on any atom is -0.493 e. The highest BCUT2D eigenvalue weighted by atomic mass is 19.4. The summed E-state index contributed by atoms with van der Waals surface area (Å²) in [6.45, 7) is 0.447. The van der Waals surface area contributed by atoms with E-state index in [4.69, 9.17) is 9.84 Å². The molecule has 0 heterocycles. The lowest BCUT2D eigenvalue weighted by molar-refractivity contribution is -0.345. The molecule has 1 saturated carbocycles. The molecular weight excluding hydrogens is 325 g/mol. The van der Waals surface area contributed by atoms with Crippen LogP contribution in [0.5, 0.6) is 5.75 Å².